The number of hydrogen-bond acceptors (Lipinski definition) is 6. The molecule has 2 aromatic carbocycles. The van der Waals surface area contributed by atoms with Crippen LogP contribution in [0.3, 0.4) is 0 Å². The fourth-order valence-corrected chi connectivity index (χ4v) is 5.46. The number of benzene rings is 2. The highest BCUT2D eigenvalue weighted by Crippen LogP contribution is 2.51. The fraction of sp³-hybridized carbons (Fsp3) is 0.481. The van der Waals surface area contributed by atoms with E-state index in [0.717, 1.165) is 38.2 Å². The van der Waals surface area contributed by atoms with Gasteiger partial charge >= 0.3 is 6.09 Å². The van der Waals surface area contributed by atoms with Crippen molar-refractivity contribution in [3.63, 3.8) is 0 Å². The van der Waals surface area contributed by atoms with E-state index in [9.17, 15) is 14.0 Å². The van der Waals surface area contributed by atoms with Crippen molar-refractivity contribution in [2.24, 2.45) is 0 Å². The molecule has 7 nitrogen and oxygen atoms in total. The first kappa shape index (κ1) is 23.6. The number of carbonyl (C=O) groups is 2. The minimum Gasteiger partial charge on any atom is -0.494 e. The van der Waals surface area contributed by atoms with Crippen molar-refractivity contribution in [3.8, 4) is 5.75 Å². The van der Waals surface area contributed by atoms with Crippen LogP contribution in [0.1, 0.15) is 45.1 Å². The van der Waals surface area contributed by atoms with Gasteiger partial charge in [-0.1, -0.05) is 12.1 Å². The summed E-state index contributed by atoms with van der Waals surface area (Å²) in [5.41, 5.74) is 2.14. The van der Waals surface area contributed by atoms with E-state index < -0.39 is 11.7 Å². The Morgan fingerprint density at radius 3 is 2.66 bits per heavy atom. The van der Waals surface area contributed by atoms with E-state index in [0.29, 0.717) is 18.0 Å². The number of rotatable bonds is 5. The van der Waals surface area contributed by atoms with Crippen molar-refractivity contribution in [1.29, 1.82) is 0 Å². The second-order valence-corrected chi connectivity index (χ2v) is 10.5. The van der Waals surface area contributed by atoms with Crippen LogP contribution in [0.15, 0.2) is 42.5 Å². The van der Waals surface area contributed by atoms with Crippen molar-refractivity contribution in [2.75, 3.05) is 42.6 Å². The Balaban J connectivity index is 1.26. The van der Waals surface area contributed by atoms with E-state index >= 15 is 0 Å². The third-order valence-electron chi connectivity index (χ3n) is 6.87. The molecule has 3 aliphatic rings. The Bertz CT molecular complexity index is 1110. The number of carbonyl (C=O) groups excluding carboxylic acids is 2. The van der Waals surface area contributed by atoms with Crippen molar-refractivity contribution in [2.45, 2.75) is 51.2 Å². The maximum absolute atomic E-state index is 13.1. The lowest BCUT2D eigenvalue weighted by Gasteiger charge is -2.41. The molecule has 8 heteroatoms. The summed E-state index contributed by atoms with van der Waals surface area (Å²) in [5, 5.41) is 0. The van der Waals surface area contributed by atoms with Crippen LogP contribution in [0, 0.1) is 5.82 Å². The number of nitrogens with zero attached hydrogens (tertiary/aromatic N) is 3. The highest BCUT2D eigenvalue weighted by molar-refractivity contribution is 6.18. The van der Waals surface area contributed by atoms with Gasteiger partial charge in [-0.15, -0.1) is 0 Å². The Labute approximate surface area is 205 Å². The Hall–Kier alpha value is -3.13. The van der Waals surface area contributed by atoms with Gasteiger partial charge in [0.25, 0.3) is 5.91 Å². The van der Waals surface area contributed by atoms with Crippen LogP contribution >= 0.6 is 0 Å². The minimum absolute atomic E-state index is 0.190. The molecule has 0 bridgehead atoms. The predicted octanol–water partition coefficient (Wildman–Crippen LogP) is 4.55. The first-order valence-electron chi connectivity index (χ1n) is 12.3. The van der Waals surface area contributed by atoms with Crippen LogP contribution in [-0.4, -0.2) is 61.3 Å². The molecule has 186 valence electrons. The maximum atomic E-state index is 13.1. The number of ether oxygens (including phenoxy) is 2. The third-order valence-corrected chi connectivity index (χ3v) is 6.87. The summed E-state index contributed by atoms with van der Waals surface area (Å²) < 4.78 is 24.3. The van der Waals surface area contributed by atoms with Gasteiger partial charge in [-0.05, 0) is 69.5 Å². The van der Waals surface area contributed by atoms with Gasteiger partial charge < -0.3 is 19.3 Å². The quantitative estimate of drug-likeness (QED) is 0.584. The first-order chi connectivity index (χ1) is 16.7. The van der Waals surface area contributed by atoms with Gasteiger partial charge in [0.2, 0.25) is 0 Å². The zero-order valence-electron chi connectivity index (χ0n) is 20.5. The Morgan fingerprint density at radius 1 is 1.14 bits per heavy atom. The minimum atomic E-state index is -0.679. The molecule has 0 aliphatic carbocycles. The van der Waals surface area contributed by atoms with Gasteiger partial charge in [-0.2, -0.15) is 0 Å². The average Bonchev–Trinajstić information content (AvgIpc) is 3.11. The fourth-order valence-electron chi connectivity index (χ4n) is 5.46. The molecule has 2 aromatic rings. The molecule has 2 amide bonds. The standard InChI is InChI=1S/C27H32FN3O4/c1-27(2,3)35-26(33)31-23-7-4-6-20-21-16-29(13-5-15-34-19-10-8-18(28)9-11-19)14-12-22(21)30(25(20)23)17-24(31)32/h4,6-11,21-22H,5,12-17H2,1-3H3/t21-,22-/m0/s1. The SMILES string of the molecule is CC(C)(C)OC(=O)N1C(=O)CN2c3c(cccc31)[C@@H]1CN(CCCOc3ccc(F)cc3)CC[C@@H]12. The van der Waals surface area contributed by atoms with Crippen LogP contribution in [0.5, 0.6) is 5.75 Å². The Morgan fingerprint density at radius 2 is 1.91 bits per heavy atom. The number of para-hydroxylation sites is 1. The molecule has 0 aromatic heterocycles. The first-order valence-corrected chi connectivity index (χ1v) is 12.3. The molecule has 0 saturated carbocycles. The van der Waals surface area contributed by atoms with E-state index in [1.54, 1.807) is 32.9 Å². The third kappa shape index (κ3) is 4.72. The summed E-state index contributed by atoms with van der Waals surface area (Å²) in [7, 11) is 0. The summed E-state index contributed by atoms with van der Waals surface area (Å²) in [6, 6.07) is 12.2. The number of imide groups is 1. The number of hydrogen-bond donors (Lipinski definition) is 0. The molecule has 2 atom stereocenters. The van der Waals surface area contributed by atoms with Gasteiger partial charge in [0.05, 0.1) is 24.5 Å². The van der Waals surface area contributed by atoms with Gasteiger partial charge in [0, 0.05) is 31.6 Å². The molecular weight excluding hydrogens is 449 g/mol. The lowest BCUT2D eigenvalue weighted by Crippen LogP contribution is -2.53. The predicted molar refractivity (Wildman–Crippen MR) is 132 cm³/mol. The zero-order chi connectivity index (χ0) is 24.7. The summed E-state index contributed by atoms with van der Waals surface area (Å²) >= 11 is 0. The molecule has 35 heavy (non-hydrogen) atoms. The molecule has 0 spiro atoms. The topological polar surface area (TPSA) is 62.3 Å². The number of amides is 2. The lowest BCUT2D eigenvalue weighted by atomic mass is 9.89. The second-order valence-electron chi connectivity index (χ2n) is 10.5. The van der Waals surface area contributed by atoms with Crippen molar-refractivity contribution in [3.05, 3.63) is 53.8 Å². The van der Waals surface area contributed by atoms with E-state index in [1.165, 1.54) is 22.6 Å². The van der Waals surface area contributed by atoms with Crippen LogP contribution in [-0.2, 0) is 9.53 Å². The molecule has 0 radical (unpaired) electrons. The number of halogens is 1. The maximum Gasteiger partial charge on any atom is 0.421 e. The van der Waals surface area contributed by atoms with Crippen LogP contribution < -0.4 is 14.5 Å². The molecule has 1 saturated heterocycles. The molecular formula is C27H32FN3O4. The Kier molecular flexibility index (Phi) is 6.17. The monoisotopic (exact) mass is 481 g/mol. The summed E-state index contributed by atoms with van der Waals surface area (Å²) in [5.74, 6) is 0.442. The van der Waals surface area contributed by atoms with Gasteiger partial charge in [0.15, 0.2) is 0 Å². The summed E-state index contributed by atoms with van der Waals surface area (Å²) in [6.45, 7) is 8.91. The molecule has 3 heterocycles. The van der Waals surface area contributed by atoms with Gasteiger partial charge in [-0.3, -0.25) is 4.79 Å². The summed E-state index contributed by atoms with van der Waals surface area (Å²) in [4.78, 5) is 31.8. The molecule has 0 N–H and O–H groups in total. The molecule has 5 rings (SSSR count). The average molecular weight is 482 g/mol. The molecule has 1 fully saturated rings. The highest BCUT2D eigenvalue weighted by atomic mass is 19.1. The number of piperidine rings is 1. The zero-order valence-corrected chi connectivity index (χ0v) is 20.5. The normalized spacial score (nSPS) is 21.5. The van der Waals surface area contributed by atoms with Gasteiger partial charge in [0.1, 0.15) is 17.2 Å². The molecule has 3 aliphatic heterocycles. The smallest absolute Gasteiger partial charge is 0.421 e. The van der Waals surface area contributed by atoms with E-state index in [1.807, 2.05) is 12.1 Å². The van der Waals surface area contributed by atoms with E-state index in [4.69, 9.17) is 9.47 Å². The molecule has 0 unspecified atom stereocenters. The van der Waals surface area contributed by atoms with Gasteiger partial charge in [-0.25, -0.2) is 14.1 Å². The van der Waals surface area contributed by atoms with Crippen LogP contribution in [0.4, 0.5) is 20.6 Å². The van der Waals surface area contributed by atoms with Crippen LogP contribution in [0.25, 0.3) is 0 Å². The lowest BCUT2D eigenvalue weighted by molar-refractivity contribution is -0.117. The van der Waals surface area contributed by atoms with Crippen molar-refractivity contribution < 1.29 is 23.5 Å². The number of fused-ring (bicyclic) bond motifs is 3. The largest absolute Gasteiger partial charge is 0.494 e. The van der Waals surface area contributed by atoms with Crippen molar-refractivity contribution in [1.82, 2.24) is 4.90 Å². The van der Waals surface area contributed by atoms with Crippen LogP contribution in [0.2, 0.25) is 0 Å². The van der Waals surface area contributed by atoms with E-state index in [-0.39, 0.29) is 30.2 Å². The summed E-state index contributed by atoms with van der Waals surface area (Å²) in [6.07, 6.45) is 1.21. The number of likely N-dealkylation sites (tertiary alicyclic amines) is 1. The van der Waals surface area contributed by atoms with E-state index in [2.05, 4.69) is 15.9 Å². The number of anilines is 2. The van der Waals surface area contributed by atoms with Crippen molar-refractivity contribution >= 4 is 23.4 Å². The second kappa shape index (κ2) is 9.15. The highest BCUT2D eigenvalue weighted by Gasteiger charge is 2.48.